The van der Waals surface area contributed by atoms with Crippen LogP contribution in [0.3, 0.4) is 0 Å². The van der Waals surface area contributed by atoms with E-state index in [1.54, 1.807) is 36.7 Å². The molecule has 0 unspecified atom stereocenters. The molecule has 0 saturated heterocycles. The van der Waals surface area contributed by atoms with Gasteiger partial charge in [0.1, 0.15) is 6.07 Å². The van der Waals surface area contributed by atoms with Crippen molar-refractivity contribution in [2.75, 3.05) is 0 Å². The molecule has 0 aliphatic carbocycles. The third-order valence-electron chi connectivity index (χ3n) is 2.17. The van der Waals surface area contributed by atoms with Crippen LogP contribution in [0.2, 0.25) is 4.34 Å². The number of nitrogens with zero attached hydrogens (tertiary/aromatic N) is 2. The number of nitriles is 1. The molecule has 2 heterocycles. The zero-order valence-electron chi connectivity index (χ0n) is 8.72. The molecule has 0 aliphatic heterocycles. The van der Waals surface area contributed by atoms with Crippen molar-refractivity contribution < 1.29 is 0 Å². The molecule has 84 valence electrons. The van der Waals surface area contributed by atoms with Gasteiger partial charge in [0.2, 0.25) is 0 Å². The third-order valence-corrected chi connectivity index (χ3v) is 3.43. The maximum Gasteiger partial charge on any atom is 0.102 e. The number of allylic oxidation sites excluding steroid dienone is 1. The summed E-state index contributed by atoms with van der Waals surface area (Å²) in [7, 11) is 0. The minimum absolute atomic E-state index is 0.414. The minimum Gasteiger partial charge on any atom is -0.396 e. The van der Waals surface area contributed by atoms with Crippen molar-refractivity contribution in [3.63, 3.8) is 0 Å². The fourth-order valence-corrected chi connectivity index (χ4v) is 2.38. The van der Waals surface area contributed by atoms with Crippen LogP contribution in [-0.4, -0.2) is 4.98 Å². The Labute approximate surface area is 108 Å². The molecule has 0 spiro atoms. The van der Waals surface area contributed by atoms with Crippen LogP contribution in [0.25, 0.3) is 11.3 Å². The first-order valence-electron chi connectivity index (χ1n) is 4.78. The summed E-state index contributed by atoms with van der Waals surface area (Å²) in [4.78, 5) is 4.76. The summed E-state index contributed by atoms with van der Waals surface area (Å²) in [6.45, 7) is 0. The molecular formula is C12H8ClN3S. The Kier molecular flexibility index (Phi) is 3.43. The van der Waals surface area contributed by atoms with Gasteiger partial charge >= 0.3 is 0 Å². The minimum atomic E-state index is 0.414. The fraction of sp³-hybridized carbons (Fsp3) is 0. The number of rotatable bonds is 2. The smallest absolute Gasteiger partial charge is 0.102 e. The zero-order chi connectivity index (χ0) is 12.3. The van der Waals surface area contributed by atoms with Gasteiger partial charge in [-0.1, -0.05) is 17.7 Å². The number of nitrogens with two attached hydrogens (primary N) is 1. The van der Waals surface area contributed by atoms with Crippen LogP contribution in [0, 0.1) is 11.3 Å². The normalized spacial score (nSPS) is 11.8. The van der Waals surface area contributed by atoms with Crippen molar-refractivity contribution in [3.8, 4) is 6.07 Å². The van der Waals surface area contributed by atoms with Gasteiger partial charge in [-0.15, -0.1) is 11.3 Å². The van der Waals surface area contributed by atoms with E-state index in [0.717, 1.165) is 4.88 Å². The summed E-state index contributed by atoms with van der Waals surface area (Å²) in [6.07, 6.45) is 3.26. The lowest BCUT2D eigenvalue weighted by atomic mass is 10.1. The van der Waals surface area contributed by atoms with Crippen LogP contribution in [0.5, 0.6) is 0 Å². The predicted molar refractivity (Wildman–Crippen MR) is 70.2 cm³/mol. The van der Waals surface area contributed by atoms with Gasteiger partial charge < -0.3 is 5.73 Å². The van der Waals surface area contributed by atoms with Crippen LogP contribution in [0.15, 0.2) is 36.7 Å². The maximum absolute atomic E-state index is 9.17. The molecule has 2 N–H and O–H groups in total. The van der Waals surface area contributed by atoms with Gasteiger partial charge in [-0.05, 0) is 18.2 Å². The van der Waals surface area contributed by atoms with Crippen LogP contribution in [0.4, 0.5) is 0 Å². The van der Waals surface area contributed by atoms with E-state index in [9.17, 15) is 5.26 Å². The molecule has 0 atom stereocenters. The van der Waals surface area contributed by atoms with Gasteiger partial charge in [-0.3, -0.25) is 4.98 Å². The van der Waals surface area contributed by atoms with Gasteiger partial charge in [0.15, 0.2) is 0 Å². The Balaban J connectivity index is 2.52. The van der Waals surface area contributed by atoms with Gasteiger partial charge in [0.25, 0.3) is 0 Å². The van der Waals surface area contributed by atoms with Crippen molar-refractivity contribution in [3.05, 3.63) is 51.4 Å². The third kappa shape index (κ3) is 2.47. The summed E-state index contributed by atoms with van der Waals surface area (Å²) in [5.74, 6) is 0. The highest BCUT2D eigenvalue weighted by atomic mass is 35.5. The maximum atomic E-state index is 9.17. The molecule has 0 amide bonds. The highest BCUT2D eigenvalue weighted by molar-refractivity contribution is 7.17. The topological polar surface area (TPSA) is 62.7 Å². The van der Waals surface area contributed by atoms with Gasteiger partial charge in [-0.2, -0.15) is 5.26 Å². The molecule has 5 heteroatoms. The molecule has 2 rings (SSSR count). The van der Waals surface area contributed by atoms with Crippen molar-refractivity contribution in [2.24, 2.45) is 5.73 Å². The van der Waals surface area contributed by atoms with Gasteiger partial charge in [0.05, 0.1) is 20.5 Å². The summed E-state index contributed by atoms with van der Waals surface area (Å²) in [6, 6.07) is 9.23. The Morgan fingerprint density at radius 3 is 2.76 bits per heavy atom. The van der Waals surface area contributed by atoms with Crippen LogP contribution >= 0.6 is 22.9 Å². The van der Waals surface area contributed by atoms with Gasteiger partial charge in [-0.25, -0.2) is 0 Å². The van der Waals surface area contributed by atoms with Crippen LogP contribution < -0.4 is 5.73 Å². The molecule has 2 aromatic rings. The molecule has 0 aromatic carbocycles. The van der Waals surface area contributed by atoms with E-state index < -0.39 is 0 Å². The van der Waals surface area contributed by atoms with Crippen molar-refractivity contribution in [1.29, 1.82) is 5.26 Å². The standard InChI is InChI=1S/C12H8ClN3S/c13-11-4-3-10(17-11)12(15)9(6-14)8-2-1-5-16-7-8/h1-5,7H,15H2/b12-9-. The van der Waals surface area contributed by atoms with E-state index in [2.05, 4.69) is 11.1 Å². The number of hydrogen-bond acceptors (Lipinski definition) is 4. The second-order valence-corrected chi connectivity index (χ2v) is 4.96. The van der Waals surface area contributed by atoms with E-state index >= 15 is 0 Å². The molecule has 0 fully saturated rings. The van der Waals surface area contributed by atoms with Crippen molar-refractivity contribution >= 4 is 34.2 Å². The summed E-state index contributed by atoms with van der Waals surface area (Å²) in [5, 5.41) is 9.17. The quantitative estimate of drug-likeness (QED) is 0.845. The average molecular weight is 262 g/mol. The monoisotopic (exact) mass is 261 g/mol. The fourth-order valence-electron chi connectivity index (χ4n) is 1.37. The highest BCUT2D eigenvalue weighted by Crippen LogP contribution is 2.29. The second kappa shape index (κ2) is 5.00. The molecule has 17 heavy (non-hydrogen) atoms. The average Bonchev–Trinajstić information content (AvgIpc) is 2.78. The first-order valence-corrected chi connectivity index (χ1v) is 5.98. The lowest BCUT2D eigenvalue weighted by Crippen LogP contribution is -1.98. The first-order chi connectivity index (χ1) is 8.22. The van der Waals surface area contributed by atoms with E-state index in [1.165, 1.54) is 11.3 Å². The predicted octanol–water partition coefficient (Wildman–Crippen LogP) is 3.15. The van der Waals surface area contributed by atoms with E-state index in [1.807, 2.05) is 0 Å². The van der Waals surface area contributed by atoms with E-state index in [-0.39, 0.29) is 0 Å². The van der Waals surface area contributed by atoms with Crippen LogP contribution in [0.1, 0.15) is 10.4 Å². The largest absolute Gasteiger partial charge is 0.396 e. The Morgan fingerprint density at radius 2 is 2.24 bits per heavy atom. The first kappa shape index (κ1) is 11.6. The van der Waals surface area contributed by atoms with Crippen molar-refractivity contribution in [1.82, 2.24) is 4.98 Å². The molecule has 0 saturated carbocycles. The highest BCUT2D eigenvalue weighted by Gasteiger charge is 2.10. The lowest BCUT2D eigenvalue weighted by Gasteiger charge is -2.02. The molecule has 0 aliphatic rings. The molecule has 2 aromatic heterocycles. The van der Waals surface area contributed by atoms with E-state index in [4.69, 9.17) is 17.3 Å². The lowest BCUT2D eigenvalue weighted by molar-refractivity contribution is 1.31. The molecule has 3 nitrogen and oxygen atoms in total. The number of halogens is 1. The summed E-state index contributed by atoms with van der Waals surface area (Å²) < 4.78 is 0.645. The summed E-state index contributed by atoms with van der Waals surface area (Å²) >= 11 is 7.19. The van der Waals surface area contributed by atoms with Crippen molar-refractivity contribution in [2.45, 2.75) is 0 Å². The molecule has 0 radical (unpaired) electrons. The number of thiophene rings is 1. The number of pyridine rings is 1. The molecular weight excluding hydrogens is 254 g/mol. The second-order valence-electron chi connectivity index (χ2n) is 3.25. The Hall–Kier alpha value is -1.83. The number of aromatic nitrogens is 1. The Bertz CT molecular complexity index is 596. The Morgan fingerprint density at radius 1 is 1.41 bits per heavy atom. The van der Waals surface area contributed by atoms with E-state index in [0.29, 0.717) is 21.2 Å². The number of hydrogen-bond donors (Lipinski definition) is 1. The molecule has 0 bridgehead atoms. The van der Waals surface area contributed by atoms with Crippen LogP contribution in [-0.2, 0) is 0 Å². The zero-order valence-corrected chi connectivity index (χ0v) is 10.3. The summed E-state index contributed by atoms with van der Waals surface area (Å²) in [5.41, 5.74) is 7.52. The SMILES string of the molecule is N#C/C(=C(/N)c1ccc(Cl)s1)c1cccnc1. The van der Waals surface area contributed by atoms with Gasteiger partial charge in [0, 0.05) is 18.0 Å².